The average molecular weight is 282 g/mol. The molecule has 0 fully saturated rings. The van der Waals surface area contributed by atoms with Crippen LogP contribution in [0.2, 0.25) is 0 Å². The lowest BCUT2D eigenvalue weighted by molar-refractivity contribution is 0.103. The second-order valence-corrected chi connectivity index (χ2v) is 5.92. The number of ketones is 1. The molecule has 0 unspecified atom stereocenters. The summed E-state index contributed by atoms with van der Waals surface area (Å²) >= 11 is 0. The van der Waals surface area contributed by atoms with Crippen LogP contribution in [0.15, 0.2) is 42.5 Å². The molecule has 21 heavy (non-hydrogen) atoms. The van der Waals surface area contributed by atoms with Crippen LogP contribution in [-0.4, -0.2) is 18.5 Å². The van der Waals surface area contributed by atoms with E-state index >= 15 is 0 Å². The van der Waals surface area contributed by atoms with Gasteiger partial charge in [-0.3, -0.25) is 4.79 Å². The summed E-state index contributed by atoms with van der Waals surface area (Å²) in [6.07, 6.45) is 0.825. The second-order valence-electron chi connectivity index (χ2n) is 5.92. The number of carbonyl (C=O) groups excluding carboxylic acids is 1. The highest BCUT2D eigenvalue weighted by molar-refractivity contribution is 6.09. The fraction of sp³-hybridized carbons (Fsp3) is 0.278. The Kier molecular flexibility index (Phi) is 3.20. The third-order valence-electron chi connectivity index (χ3n) is 3.68. The highest BCUT2D eigenvalue weighted by atomic mass is 16.5. The summed E-state index contributed by atoms with van der Waals surface area (Å²) in [5.74, 6) is 1.65. The van der Waals surface area contributed by atoms with Crippen molar-refractivity contribution in [3.05, 3.63) is 59.2 Å². The number of rotatable bonds is 3. The van der Waals surface area contributed by atoms with E-state index in [9.17, 15) is 4.79 Å². The quantitative estimate of drug-likeness (QED) is 0.806. The third-order valence-corrected chi connectivity index (χ3v) is 3.68. The summed E-state index contributed by atoms with van der Waals surface area (Å²) in [6, 6.07) is 12.8. The molecule has 3 rings (SSSR count). The van der Waals surface area contributed by atoms with Crippen molar-refractivity contribution in [2.75, 3.05) is 7.11 Å². The van der Waals surface area contributed by atoms with Crippen molar-refractivity contribution in [1.29, 1.82) is 0 Å². The maximum Gasteiger partial charge on any atom is 0.193 e. The summed E-state index contributed by atoms with van der Waals surface area (Å²) in [4.78, 5) is 12.5. The van der Waals surface area contributed by atoms with E-state index in [1.165, 1.54) is 0 Å². The van der Waals surface area contributed by atoms with E-state index < -0.39 is 0 Å². The zero-order chi connectivity index (χ0) is 15.0. The van der Waals surface area contributed by atoms with Crippen molar-refractivity contribution in [2.45, 2.75) is 25.9 Å². The lowest BCUT2D eigenvalue weighted by Gasteiger charge is -2.16. The molecular formula is C18H18O3. The van der Waals surface area contributed by atoms with Gasteiger partial charge in [0.2, 0.25) is 0 Å². The van der Waals surface area contributed by atoms with Gasteiger partial charge in [0.1, 0.15) is 17.1 Å². The largest absolute Gasteiger partial charge is 0.497 e. The molecule has 1 heterocycles. The number of methoxy groups -OCH3 is 1. The highest BCUT2D eigenvalue weighted by Crippen LogP contribution is 2.35. The van der Waals surface area contributed by atoms with Crippen molar-refractivity contribution in [1.82, 2.24) is 0 Å². The number of hydrogen-bond donors (Lipinski definition) is 0. The first-order chi connectivity index (χ1) is 9.98. The van der Waals surface area contributed by atoms with Gasteiger partial charge >= 0.3 is 0 Å². The molecule has 0 saturated heterocycles. The molecule has 0 N–H and O–H groups in total. The predicted octanol–water partition coefficient (Wildman–Crippen LogP) is 3.64. The minimum atomic E-state index is -0.190. The molecule has 1 aliphatic rings. The van der Waals surface area contributed by atoms with Crippen LogP contribution in [-0.2, 0) is 6.42 Å². The summed E-state index contributed by atoms with van der Waals surface area (Å²) in [5.41, 5.74) is 2.26. The van der Waals surface area contributed by atoms with Crippen LogP contribution in [0.4, 0.5) is 0 Å². The second kappa shape index (κ2) is 4.92. The van der Waals surface area contributed by atoms with Crippen LogP contribution in [0.1, 0.15) is 35.3 Å². The lowest BCUT2D eigenvalue weighted by atomic mass is 9.97. The monoisotopic (exact) mass is 282 g/mol. The van der Waals surface area contributed by atoms with Crippen LogP contribution in [0.5, 0.6) is 11.5 Å². The Labute approximate surface area is 124 Å². The predicted molar refractivity (Wildman–Crippen MR) is 81.3 cm³/mol. The van der Waals surface area contributed by atoms with Gasteiger partial charge in [-0.25, -0.2) is 0 Å². The fourth-order valence-corrected chi connectivity index (χ4v) is 2.66. The molecule has 3 heteroatoms. The molecular weight excluding hydrogens is 264 g/mol. The molecule has 3 nitrogen and oxygen atoms in total. The van der Waals surface area contributed by atoms with Crippen molar-refractivity contribution >= 4 is 5.78 Å². The molecule has 108 valence electrons. The maximum absolute atomic E-state index is 12.5. The van der Waals surface area contributed by atoms with E-state index in [0.29, 0.717) is 11.1 Å². The third kappa shape index (κ3) is 2.64. The topological polar surface area (TPSA) is 35.5 Å². The van der Waals surface area contributed by atoms with Gasteiger partial charge in [0, 0.05) is 17.5 Å². The van der Waals surface area contributed by atoms with Gasteiger partial charge in [-0.15, -0.1) is 0 Å². The molecule has 0 amide bonds. The van der Waals surface area contributed by atoms with Crippen LogP contribution >= 0.6 is 0 Å². The van der Waals surface area contributed by atoms with Crippen molar-refractivity contribution in [3.8, 4) is 11.5 Å². The summed E-state index contributed by atoms with van der Waals surface area (Å²) in [6.45, 7) is 4.11. The fourth-order valence-electron chi connectivity index (χ4n) is 2.66. The number of carbonyl (C=O) groups is 1. The minimum absolute atomic E-state index is 0.0187. The number of ether oxygens (including phenoxy) is 2. The Morgan fingerprint density at radius 1 is 1.10 bits per heavy atom. The Morgan fingerprint density at radius 2 is 1.76 bits per heavy atom. The highest BCUT2D eigenvalue weighted by Gasteiger charge is 2.30. The summed E-state index contributed by atoms with van der Waals surface area (Å²) in [5, 5.41) is 0. The molecule has 0 radical (unpaired) electrons. The van der Waals surface area contributed by atoms with Crippen molar-refractivity contribution in [2.24, 2.45) is 0 Å². The van der Waals surface area contributed by atoms with Gasteiger partial charge in [-0.1, -0.05) is 0 Å². The Bertz CT molecular complexity index is 684. The van der Waals surface area contributed by atoms with Crippen LogP contribution in [0.3, 0.4) is 0 Å². The first kappa shape index (κ1) is 13.7. The van der Waals surface area contributed by atoms with E-state index in [-0.39, 0.29) is 11.4 Å². The Hall–Kier alpha value is -2.29. The molecule has 2 aromatic rings. The summed E-state index contributed by atoms with van der Waals surface area (Å²) in [7, 11) is 1.61. The number of hydrogen-bond acceptors (Lipinski definition) is 3. The van der Waals surface area contributed by atoms with E-state index in [2.05, 4.69) is 13.8 Å². The van der Waals surface area contributed by atoms with Gasteiger partial charge < -0.3 is 9.47 Å². The van der Waals surface area contributed by atoms with Crippen molar-refractivity contribution < 1.29 is 14.3 Å². The molecule has 2 aromatic carbocycles. The normalized spacial score (nSPS) is 15.2. The first-order valence-corrected chi connectivity index (χ1v) is 6.99. The molecule has 0 bridgehead atoms. The Morgan fingerprint density at radius 3 is 2.43 bits per heavy atom. The lowest BCUT2D eigenvalue weighted by Crippen LogP contribution is -2.24. The maximum atomic E-state index is 12.5. The van der Waals surface area contributed by atoms with E-state index in [1.54, 1.807) is 31.4 Å². The molecule has 0 aromatic heterocycles. The van der Waals surface area contributed by atoms with Crippen LogP contribution < -0.4 is 9.47 Å². The minimum Gasteiger partial charge on any atom is -0.497 e. The van der Waals surface area contributed by atoms with Gasteiger partial charge in [0.05, 0.1) is 7.11 Å². The summed E-state index contributed by atoms with van der Waals surface area (Å²) < 4.78 is 10.9. The van der Waals surface area contributed by atoms with Gasteiger partial charge in [0.25, 0.3) is 0 Å². The average Bonchev–Trinajstić information content (AvgIpc) is 2.79. The van der Waals surface area contributed by atoms with E-state index in [1.807, 2.05) is 18.2 Å². The molecule has 1 aliphatic heterocycles. The van der Waals surface area contributed by atoms with E-state index in [0.717, 1.165) is 23.5 Å². The Balaban J connectivity index is 1.89. The van der Waals surface area contributed by atoms with Gasteiger partial charge in [-0.05, 0) is 61.9 Å². The smallest absolute Gasteiger partial charge is 0.193 e. The molecule has 0 atom stereocenters. The zero-order valence-corrected chi connectivity index (χ0v) is 12.5. The van der Waals surface area contributed by atoms with Crippen LogP contribution in [0, 0.1) is 0 Å². The standard InChI is InChI=1S/C18H18O3/c1-18(2)11-14-10-13(6-9-16(14)21-18)17(19)12-4-7-15(20-3)8-5-12/h4-10H,11H2,1-3H3. The molecule has 0 saturated carbocycles. The SMILES string of the molecule is COc1ccc(C(=O)c2ccc3c(c2)CC(C)(C)O3)cc1. The van der Waals surface area contributed by atoms with Crippen LogP contribution in [0.25, 0.3) is 0 Å². The van der Waals surface area contributed by atoms with Gasteiger partial charge in [-0.2, -0.15) is 0 Å². The number of benzene rings is 2. The molecule has 0 aliphatic carbocycles. The number of fused-ring (bicyclic) bond motifs is 1. The zero-order valence-electron chi connectivity index (χ0n) is 12.5. The van der Waals surface area contributed by atoms with Gasteiger partial charge in [0.15, 0.2) is 5.78 Å². The molecule has 0 spiro atoms. The van der Waals surface area contributed by atoms with Crippen molar-refractivity contribution in [3.63, 3.8) is 0 Å². The van der Waals surface area contributed by atoms with E-state index in [4.69, 9.17) is 9.47 Å². The first-order valence-electron chi connectivity index (χ1n) is 6.99.